The summed E-state index contributed by atoms with van der Waals surface area (Å²) in [6.07, 6.45) is 0.800. The summed E-state index contributed by atoms with van der Waals surface area (Å²) in [7, 11) is 0. The average Bonchev–Trinajstić information content (AvgIpc) is 3.02. The first-order valence-corrected chi connectivity index (χ1v) is 9.17. The first kappa shape index (κ1) is 16.8. The number of carbonyl (C=O) groups excluding carboxylic acids is 1. The Morgan fingerprint density at radius 3 is 2.71 bits per heavy atom. The van der Waals surface area contributed by atoms with E-state index in [1.54, 1.807) is 12.1 Å². The van der Waals surface area contributed by atoms with Gasteiger partial charge >= 0.3 is 0 Å². The Morgan fingerprint density at radius 1 is 1.17 bits per heavy atom. The number of anilines is 1. The van der Waals surface area contributed by atoms with Crippen LogP contribution in [0.3, 0.4) is 0 Å². The van der Waals surface area contributed by atoms with Gasteiger partial charge in [-0.15, -0.1) is 10.2 Å². The molecule has 2 aromatic carbocycles. The summed E-state index contributed by atoms with van der Waals surface area (Å²) in [5, 5.41) is 12.5. The van der Waals surface area contributed by atoms with Crippen LogP contribution in [-0.4, -0.2) is 16.1 Å². The number of benzene rings is 2. The summed E-state index contributed by atoms with van der Waals surface area (Å²) >= 11 is 4.78. The van der Waals surface area contributed by atoms with E-state index in [0.717, 1.165) is 15.9 Å². The molecule has 1 amide bonds. The van der Waals surface area contributed by atoms with E-state index < -0.39 is 0 Å². The molecule has 3 aromatic rings. The molecule has 0 bridgehead atoms. The minimum absolute atomic E-state index is 0.185. The predicted molar refractivity (Wildman–Crippen MR) is 101 cm³/mol. The fraction of sp³-hybridized carbons (Fsp3) is 0.167. The molecule has 0 aliphatic carbocycles. The Bertz CT molecular complexity index is 835. The minimum atomic E-state index is -0.185. The minimum Gasteiger partial charge on any atom is -0.296 e. The number of amides is 1. The number of rotatable bonds is 5. The fourth-order valence-electron chi connectivity index (χ4n) is 2.35. The number of hydrogen-bond acceptors (Lipinski definition) is 4. The second-order valence-electron chi connectivity index (χ2n) is 5.48. The van der Waals surface area contributed by atoms with E-state index in [4.69, 9.17) is 0 Å². The van der Waals surface area contributed by atoms with Crippen molar-refractivity contribution in [3.8, 4) is 0 Å². The summed E-state index contributed by atoms with van der Waals surface area (Å²) in [6, 6.07) is 17.6. The van der Waals surface area contributed by atoms with Gasteiger partial charge < -0.3 is 0 Å². The van der Waals surface area contributed by atoms with Crippen molar-refractivity contribution in [1.29, 1.82) is 0 Å². The zero-order chi connectivity index (χ0) is 16.9. The van der Waals surface area contributed by atoms with Gasteiger partial charge in [0.05, 0.1) is 0 Å². The van der Waals surface area contributed by atoms with Crippen molar-refractivity contribution >= 4 is 38.3 Å². The molecule has 1 N–H and O–H groups in total. The molecular weight excluding hydrogens is 386 g/mol. The summed E-state index contributed by atoms with van der Waals surface area (Å²) in [6.45, 7) is 2.16. The number of aromatic nitrogens is 2. The summed E-state index contributed by atoms with van der Waals surface area (Å²) in [5.41, 5.74) is 1.85. The van der Waals surface area contributed by atoms with E-state index in [2.05, 4.69) is 50.5 Å². The topological polar surface area (TPSA) is 54.9 Å². The van der Waals surface area contributed by atoms with Gasteiger partial charge in [-0.25, -0.2) is 0 Å². The van der Waals surface area contributed by atoms with Crippen molar-refractivity contribution in [2.45, 2.75) is 19.3 Å². The Hall–Kier alpha value is -2.05. The lowest BCUT2D eigenvalue weighted by Crippen LogP contribution is -2.11. The SMILES string of the molecule is CC(Cc1nnc(NC(=O)c2cccc(Br)c2)s1)c1ccccc1. The first-order chi connectivity index (χ1) is 11.6. The van der Waals surface area contributed by atoms with Gasteiger partial charge in [-0.05, 0) is 29.7 Å². The molecule has 0 aliphatic rings. The zero-order valence-electron chi connectivity index (χ0n) is 13.1. The number of halogens is 1. The molecule has 1 atom stereocenters. The number of hydrogen-bond donors (Lipinski definition) is 1. The van der Waals surface area contributed by atoms with Gasteiger partial charge in [0.1, 0.15) is 5.01 Å². The van der Waals surface area contributed by atoms with E-state index in [-0.39, 0.29) is 5.91 Å². The van der Waals surface area contributed by atoms with E-state index in [9.17, 15) is 4.79 Å². The van der Waals surface area contributed by atoms with Crippen LogP contribution in [0.1, 0.15) is 33.8 Å². The van der Waals surface area contributed by atoms with Crippen LogP contribution in [0.4, 0.5) is 5.13 Å². The van der Waals surface area contributed by atoms with E-state index in [1.165, 1.54) is 16.9 Å². The van der Waals surface area contributed by atoms with Crippen molar-refractivity contribution in [1.82, 2.24) is 10.2 Å². The number of nitrogens with one attached hydrogen (secondary N) is 1. The molecule has 4 nitrogen and oxygen atoms in total. The van der Waals surface area contributed by atoms with Gasteiger partial charge in [-0.1, -0.05) is 70.6 Å². The maximum atomic E-state index is 12.2. The molecule has 3 rings (SSSR count). The molecule has 24 heavy (non-hydrogen) atoms. The van der Waals surface area contributed by atoms with Crippen LogP contribution in [0.5, 0.6) is 0 Å². The van der Waals surface area contributed by atoms with Crippen molar-refractivity contribution in [3.63, 3.8) is 0 Å². The van der Waals surface area contributed by atoms with Crippen LogP contribution in [-0.2, 0) is 6.42 Å². The third-order valence-electron chi connectivity index (χ3n) is 3.62. The highest BCUT2D eigenvalue weighted by Gasteiger charge is 2.13. The van der Waals surface area contributed by atoms with Gasteiger partial charge in [-0.2, -0.15) is 0 Å². The first-order valence-electron chi connectivity index (χ1n) is 7.56. The lowest BCUT2D eigenvalue weighted by molar-refractivity contribution is 0.102. The lowest BCUT2D eigenvalue weighted by Gasteiger charge is -2.08. The van der Waals surface area contributed by atoms with Gasteiger partial charge in [0.15, 0.2) is 0 Å². The van der Waals surface area contributed by atoms with Crippen LogP contribution in [0.25, 0.3) is 0 Å². The Labute approximate surface area is 153 Å². The molecule has 0 radical (unpaired) electrons. The van der Waals surface area contributed by atoms with E-state index in [0.29, 0.717) is 16.6 Å². The third-order valence-corrected chi connectivity index (χ3v) is 4.98. The maximum Gasteiger partial charge on any atom is 0.257 e. The molecular formula is C18H16BrN3OS. The molecule has 0 aliphatic heterocycles. The largest absolute Gasteiger partial charge is 0.296 e. The molecule has 1 aromatic heterocycles. The maximum absolute atomic E-state index is 12.2. The smallest absolute Gasteiger partial charge is 0.257 e. The quantitative estimate of drug-likeness (QED) is 0.661. The van der Waals surface area contributed by atoms with E-state index in [1.807, 2.05) is 30.3 Å². The Morgan fingerprint density at radius 2 is 1.96 bits per heavy atom. The predicted octanol–water partition coefficient (Wildman–Crippen LogP) is 4.90. The molecule has 0 fully saturated rings. The molecule has 6 heteroatoms. The van der Waals surface area contributed by atoms with Gasteiger partial charge in [0.25, 0.3) is 5.91 Å². The van der Waals surface area contributed by atoms with Crippen molar-refractivity contribution in [2.24, 2.45) is 0 Å². The average molecular weight is 402 g/mol. The van der Waals surface area contributed by atoms with Gasteiger partial charge in [0.2, 0.25) is 5.13 Å². The Balaban J connectivity index is 1.64. The molecule has 0 saturated carbocycles. The van der Waals surface area contributed by atoms with Crippen molar-refractivity contribution in [2.75, 3.05) is 5.32 Å². The van der Waals surface area contributed by atoms with Crippen molar-refractivity contribution < 1.29 is 4.79 Å². The van der Waals surface area contributed by atoms with Crippen LogP contribution >= 0.6 is 27.3 Å². The second-order valence-corrected chi connectivity index (χ2v) is 7.46. The summed E-state index contributed by atoms with van der Waals surface area (Å²) in [4.78, 5) is 12.2. The zero-order valence-corrected chi connectivity index (χ0v) is 15.5. The fourth-order valence-corrected chi connectivity index (χ4v) is 3.61. The molecule has 1 heterocycles. The molecule has 122 valence electrons. The molecule has 0 saturated heterocycles. The van der Waals surface area contributed by atoms with Crippen LogP contribution in [0, 0.1) is 0 Å². The third kappa shape index (κ3) is 4.27. The van der Waals surface area contributed by atoms with E-state index >= 15 is 0 Å². The van der Waals surface area contributed by atoms with Crippen LogP contribution in [0.2, 0.25) is 0 Å². The highest BCUT2D eigenvalue weighted by molar-refractivity contribution is 9.10. The normalized spacial score (nSPS) is 11.9. The second kappa shape index (κ2) is 7.68. The molecule has 0 spiro atoms. The van der Waals surface area contributed by atoms with Crippen LogP contribution in [0.15, 0.2) is 59.1 Å². The number of nitrogens with zero attached hydrogens (tertiary/aromatic N) is 2. The lowest BCUT2D eigenvalue weighted by atomic mass is 9.98. The molecule has 1 unspecified atom stereocenters. The highest BCUT2D eigenvalue weighted by Crippen LogP contribution is 2.24. The highest BCUT2D eigenvalue weighted by atomic mass is 79.9. The van der Waals surface area contributed by atoms with Gasteiger partial charge in [-0.3, -0.25) is 10.1 Å². The number of carbonyl (C=O) groups is 1. The standard InChI is InChI=1S/C18H16BrN3OS/c1-12(13-6-3-2-4-7-13)10-16-21-22-18(24-16)20-17(23)14-8-5-9-15(19)11-14/h2-9,11-12H,10H2,1H3,(H,20,22,23). The monoisotopic (exact) mass is 401 g/mol. The summed E-state index contributed by atoms with van der Waals surface area (Å²) < 4.78 is 0.866. The van der Waals surface area contributed by atoms with Crippen molar-refractivity contribution in [3.05, 3.63) is 75.2 Å². The van der Waals surface area contributed by atoms with Gasteiger partial charge in [0, 0.05) is 16.5 Å². The van der Waals surface area contributed by atoms with Crippen LogP contribution < -0.4 is 5.32 Å². The summed E-state index contributed by atoms with van der Waals surface area (Å²) in [5.74, 6) is 0.169. The Kier molecular flexibility index (Phi) is 5.37.